The third kappa shape index (κ3) is 5.75. The van der Waals surface area contributed by atoms with E-state index in [2.05, 4.69) is 11.6 Å². The molecule has 0 fully saturated rings. The summed E-state index contributed by atoms with van der Waals surface area (Å²) in [5.41, 5.74) is 4.87. The zero-order valence-corrected chi connectivity index (χ0v) is 28.4. The summed E-state index contributed by atoms with van der Waals surface area (Å²) in [4.78, 5) is 25.5. The van der Waals surface area contributed by atoms with Gasteiger partial charge in [0.25, 0.3) is 0 Å². The summed E-state index contributed by atoms with van der Waals surface area (Å²) >= 11 is 0. The molecule has 0 unspecified atom stereocenters. The van der Waals surface area contributed by atoms with Crippen LogP contribution in [0.1, 0.15) is 60.4 Å². The molecule has 0 spiro atoms. The van der Waals surface area contributed by atoms with Crippen LogP contribution in [-0.4, -0.2) is 75.9 Å². The first-order chi connectivity index (χ1) is 23.9. The van der Waals surface area contributed by atoms with Crippen LogP contribution in [0.2, 0.25) is 0 Å². The summed E-state index contributed by atoms with van der Waals surface area (Å²) in [6.07, 6.45) is 4.61. The second-order valence-electron chi connectivity index (χ2n) is 13.3. The van der Waals surface area contributed by atoms with E-state index >= 15 is 4.39 Å². The Morgan fingerprint density at radius 2 is 1.86 bits per heavy atom. The molecular weight excluding hydrogens is 652 g/mol. The van der Waals surface area contributed by atoms with Gasteiger partial charge >= 0.3 is 5.92 Å². The van der Waals surface area contributed by atoms with Crippen LogP contribution in [0.15, 0.2) is 43.1 Å². The number of likely N-dealkylation sites (N-methyl/N-ethyl adjacent to an activating group) is 1. The third-order valence-corrected chi connectivity index (χ3v) is 9.81. The first-order valence-corrected chi connectivity index (χ1v) is 16.7. The zero-order chi connectivity index (χ0) is 35.5. The smallest absolute Gasteiger partial charge is 0.302 e. The number of rotatable bonds is 8. The maximum absolute atomic E-state index is 16.2. The Morgan fingerprint density at radius 1 is 1.08 bits per heavy atom. The van der Waals surface area contributed by atoms with Crippen molar-refractivity contribution in [1.82, 2.24) is 29.5 Å². The second kappa shape index (κ2) is 12.9. The lowest BCUT2D eigenvalue weighted by atomic mass is 9.90. The predicted octanol–water partition coefficient (Wildman–Crippen LogP) is 6.65. The van der Waals surface area contributed by atoms with Gasteiger partial charge in [0.15, 0.2) is 0 Å². The Morgan fingerprint density at radius 3 is 2.62 bits per heavy atom. The van der Waals surface area contributed by atoms with Crippen molar-refractivity contribution in [3.63, 3.8) is 0 Å². The zero-order valence-electron chi connectivity index (χ0n) is 28.4. The van der Waals surface area contributed by atoms with Gasteiger partial charge in [-0.25, -0.2) is 13.8 Å². The standard InChI is InChI=1S/C37H38F4N6O3/c1-6-31(48)46-17-20(2)47-29(21(46)3)15-28(44-47)35-32(33-27(39)13-24(38)14-30(33)50-11-10-49-5)25-8-7-9-26(25)34(43-35)22-12-23-18-45(4)19-37(40,41)36(23)42-16-22/h6,12-16,20-21H,1,7-11,17-19H2,2-5H3/t20-,21+/m0/s1. The first kappa shape index (κ1) is 33.9. The van der Waals surface area contributed by atoms with Crippen LogP contribution >= 0.6 is 0 Å². The van der Waals surface area contributed by atoms with Crippen LogP contribution in [0.4, 0.5) is 17.6 Å². The Balaban J connectivity index is 1.49. The molecule has 3 aliphatic rings. The highest BCUT2D eigenvalue weighted by Gasteiger charge is 2.41. The number of benzene rings is 1. The second-order valence-corrected chi connectivity index (χ2v) is 13.3. The van der Waals surface area contributed by atoms with Gasteiger partial charge in [0.05, 0.1) is 47.9 Å². The average molecular weight is 691 g/mol. The molecule has 0 N–H and O–H groups in total. The van der Waals surface area contributed by atoms with E-state index in [1.165, 1.54) is 19.4 Å². The Kier molecular flexibility index (Phi) is 8.75. The lowest BCUT2D eigenvalue weighted by molar-refractivity contribution is -0.129. The number of fused-ring (bicyclic) bond motifs is 3. The van der Waals surface area contributed by atoms with E-state index in [-0.39, 0.29) is 48.2 Å². The van der Waals surface area contributed by atoms with Gasteiger partial charge in [-0.15, -0.1) is 0 Å². The lowest BCUT2D eigenvalue weighted by Crippen LogP contribution is -2.42. The molecule has 0 bridgehead atoms. The largest absolute Gasteiger partial charge is 0.490 e. The SMILES string of the molecule is C=CC(=O)N1C[C@H](C)n2nc(-c3nc(-c4cnc5c(c4)CN(C)CC5(F)F)c4c(c3-c3c(F)cc(F)cc3OCCOC)CCC4)cc2[C@H]1C. The van der Waals surface area contributed by atoms with Crippen LogP contribution < -0.4 is 4.74 Å². The summed E-state index contributed by atoms with van der Waals surface area (Å²) in [6.45, 7) is 8.03. The monoisotopic (exact) mass is 690 g/mol. The normalized spacial score (nSPS) is 19.6. The van der Waals surface area contributed by atoms with Crippen LogP contribution in [0.3, 0.4) is 0 Å². The van der Waals surface area contributed by atoms with Gasteiger partial charge < -0.3 is 14.4 Å². The van der Waals surface area contributed by atoms with Crippen molar-refractivity contribution in [2.45, 2.75) is 57.7 Å². The molecule has 2 aliphatic heterocycles. The summed E-state index contributed by atoms with van der Waals surface area (Å²) in [7, 11) is 3.15. The summed E-state index contributed by atoms with van der Waals surface area (Å²) in [6, 6.07) is 4.98. The quantitative estimate of drug-likeness (QED) is 0.116. The summed E-state index contributed by atoms with van der Waals surface area (Å²) in [5, 5.41) is 4.98. The Labute approximate surface area is 287 Å². The number of carbonyl (C=O) groups excluding carboxylic acids is 1. The molecule has 0 saturated heterocycles. The van der Waals surface area contributed by atoms with Crippen molar-refractivity contribution >= 4 is 5.91 Å². The Bertz CT molecular complexity index is 2010. The highest BCUT2D eigenvalue weighted by molar-refractivity contribution is 5.90. The van der Waals surface area contributed by atoms with Gasteiger partial charge in [-0.1, -0.05) is 6.58 Å². The average Bonchev–Trinajstić information content (AvgIpc) is 3.74. The molecule has 50 heavy (non-hydrogen) atoms. The van der Waals surface area contributed by atoms with Crippen molar-refractivity contribution in [2.75, 3.05) is 40.5 Å². The van der Waals surface area contributed by atoms with Crippen LogP contribution in [0.5, 0.6) is 5.75 Å². The third-order valence-electron chi connectivity index (χ3n) is 9.81. The maximum atomic E-state index is 16.2. The number of carbonyl (C=O) groups is 1. The van der Waals surface area contributed by atoms with Crippen molar-refractivity contribution in [3.05, 3.63) is 82.8 Å². The van der Waals surface area contributed by atoms with E-state index in [9.17, 15) is 18.0 Å². The summed E-state index contributed by atoms with van der Waals surface area (Å²) in [5.74, 6) is -4.93. The molecule has 0 saturated carbocycles. The highest BCUT2D eigenvalue weighted by atomic mass is 19.3. The molecule has 7 rings (SSSR count). The molecule has 4 aromatic rings. The number of nitrogens with zero attached hydrogens (tertiary/aromatic N) is 6. The number of pyridine rings is 2. The van der Waals surface area contributed by atoms with E-state index in [0.717, 1.165) is 35.4 Å². The van der Waals surface area contributed by atoms with Gasteiger partial charge in [0, 0.05) is 49.7 Å². The number of halogens is 4. The molecule has 1 aliphatic carbocycles. The van der Waals surface area contributed by atoms with Crippen LogP contribution in [0.25, 0.3) is 33.8 Å². The van der Waals surface area contributed by atoms with E-state index in [1.54, 1.807) is 22.9 Å². The molecule has 2 atom stereocenters. The van der Waals surface area contributed by atoms with E-state index in [4.69, 9.17) is 19.6 Å². The van der Waals surface area contributed by atoms with Crippen LogP contribution in [0, 0.1) is 11.6 Å². The number of alkyl halides is 2. The molecule has 3 aromatic heterocycles. The fourth-order valence-electron chi connectivity index (χ4n) is 7.61. The van der Waals surface area contributed by atoms with Crippen molar-refractivity contribution in [1.29, 1.82) is 0 Å². The van der Waals surface area contributed by atoms with E-state index in [1.807, 2.05) is 24.6 Å². The fraction of sp³-hybridized carbons (Fsp3) is 0.405. The minimum absolute atomic E-state index is 0.00127. The molecule has 9 nitrogen and oxygen atoms in total. The number of amides is 1. The number of hydrogen-bond acceptors (Lipinski definition) is 7. The molecule has 0 radical (unpaired) electrons. The first-order valence-electron chi connectivity index (χ1n) is 16.7. The van der Waals surface area contributed by atoms with Crippen LogP contribution in [-0.2, 0) is 34.8 Å². The molecular formula is C37H38F4N6O3. The summed E-state index contributed by atoms with van der Waals surface area (Å²) < 4.78 is 73.8. The minimum atomic E-state index is -3.10. The molecule has 1 aromatic carbocycles. The van der Waals surface area contributed by atoms with Gasteiger partial charge in [-0.2, -0.15) is 13.9 Å². The Hall–Kier alpha value is -4.62. The molecule has 5 heterocycles. The maximum Gasteiger partial charge on any atom is 0.302 e. The lowest BCUT2D eigenvalue weighted by Gasteiger charge is -2.36. The fourth-order valence-corrected chi connectivity index (χ4v) is 7.61. The van der Waals surface area contributed by atoms with Crippen molar-refractivity contribution < 1.29 is 31.8 Å². The van der Waals surface area contributed by atoms with Gasteiger partial charge in [0.1, 0.15) is 35.4 Å². The van der Waals surface area contributed by atoms with Gasteiger partial charge in [-0.05, 0) is 75.1 Å². The molecule has 262 valence electrons. The number of ether oxygens (including phenoxy) is 2. The molecule has 1 amide bonds. The topological polar surface area (TPSA) is 85.6 Å². The molecule has 13 heteroatoms. The van der Waals surface area contributed by atoms with Gasteiger partial charge in [0.2, 0.25) is 5.91 Å². The highest BCUT2D eigenvalue weighted by Crippen LogP contribution is 2.48. The number of methoxy groups -OCH3 is 1. The van der Waals surface area contributed by atoms with Crippen molar-refractivity contribution in [2.24, 2.45) is 0 Å². The van der Waals surface area contributed by atoms with Crippen molar-refractivity contribution in [3.8, 4) is 39.5 Å². The predicted molar refractivity (Wildman–Crippen MR) is 179 cm³/mol. The number of hydrogen-bond donors (Lipinski definition) is 0. The minimum Gasteiger partial charge on any atom is -0.490 e. The van der Waals surface area contributed by atoms with E-state index < -0.39 is 24.1 Å². The number of aromatic nitrogens is 4. The van der Waals surface area contributed by atoms with Gasteiger partial charge in [-0.3, -0.25) is 19.4 Å². The van der Waals surface area contributed by atoms with E-state index in [0.29, 0.717) is 59.7 Å².